The number of rotatable bonds is 4. The first-order chi connectivity index (χ1) is 18.0. The molecule has 2 aliphatic heterocycles. The number of urea groups is 1. The zero-order chi connectivity index (χ0) is 25.9. The van der Waals surface area contributed by atoms with E-state index in [4.69, 9.17) is 0 Å². The molecule has 3 aromatic rings. The van der Waals surface area contributed by atoms with Crippen LogP contribution in [0.25, 0.3) is 5.69 Å². The van der Waals surface area contributed by atoms with E-state index >= 15 is 0 Å². The van der Waals surface area contributed by atoms with Crippen molar-refractivity contribution >= 4 is 6.03 Å². The molecule has 0 saturated carbocycles. The highest BCUT2D eigenvalue weighted by molar-refractivity contribution is 5.75. The van der Waals surface area contributed by atoms with Crippen molar-refractivity contribution < 1.29 is 13.6 Å². The van der Waals surface area contributed by atoms with Crippen molar-refractivity contribution in [2.75, 3.05) is 26.2 Å². The van der Waals surface area contributed by atoms with Crippen molar-refractivity contribution in [2.24, 2.45) is 5.92 Å². The highest BCUT2D eigenvalue weighted by atomic mass is 19.1. The highest BCUT2D eigenvalue weighted by Gasteiger charge is 2.35. The predicted octanol–water partition coefficient (Wildman–Crippen LogP) is 5.64. The fourth-order valence-corrected chi connectivity index (χ4v) is 5.54. The first-order valence-electron chi connectivity index (χ1n) is 13.0. The number of aromatic nitrogens is 2. The van der Waals surface area contributed by atoms with E-state index in [2.05, 4.69) is 42.2 Å². The van der Waals surface area contributed by atoms with Crippen LogP contribution in [0.3, 0.4) is 0 Å². The molecule has 0 spiro atoms. The third kappa shape index (κ3) is 5.22. The van der Waals surface area contributed by atoms with Crippen LogP contribution >= 0.6 is 0 Å². The minimum Gasteiger partial charge on any atom is -0.325 e. The molecule has 0 aliphatic carbocycles. The number of piperidine rings is 2. The molecule has 0 N–H and O–H groups in total. The molecule has 8 heteroatoms. The van der Waals surface area contributed by atoms with Crippen molar-refractivity contribution in [1.29, 1.82) is 5.26 Å². The van der Waals surface area contributed by atoms with Gasteiger partial charge in [0.25, 0.3) is 0 Å². The van der Waals surface area contributed by atoms with Gasteiger partial charge in [0.2, 0.25) is 0 Å². The van der Waals surface area contributed by atoms with E-state index in [1.54, 1.807) is 6.20 Å². The van der Waals surface area contributed by atoms with Crippen molar-refractivity contribution in [3.8, 4) is 11.8 Å². The SMILES string of the molecule is CCc1ccc(C2CC(c3cn(-c4c(F)cccc4F)cn3)CN(C(=O)N3CCC(C#N)CC3)C2)cc1. The lowest BCUT2D eigenvalue weighted by molar-refractivity contribution is 0.120. The Hall–Kier alpha value is -3.73. The van der Waals surface area contributed by atoms with Crippen LogP contribution in [0, 0.1) is 28.9 Å². The summed E-state index contributed by atoms with van der Waals surface area (Å²) in [5, 5.41) is 9.22. The van der Waals surface area contributed by atoms with Gasteiger partial charge in [-0.3, -0.25) is 0 Å². The fraction of sp³-hybridized carbons (Fsp3) is 0.414. The van der Waals surface area contributed by atoms with E-state index in [0.29, 0.717) is 44.7 Å². The molecule has 192 valence electrons. The average Bonchev–Trinajstić information content (AvgIpc) is 3.42. The van der Waals surface area contributed by atoms with Crippen LogP contribution < -0.4 is 0 Å². The molecule has 6 nitrogen and oxygen atoms in total. The van der Waals surface area contributed by atoms with Gasteiger partial charge in [0.05, 0.1) is 18.1 Å². The van der Waals surface area contributed by atoms with Crippen LogP contribution in [0.1, 0.15) is 54.8 Å². The topological polar surface area (TPSA) is 65.2 Å². The van der Waals surface area contributed by atoms with Gasteiger partial charge >= 0.3 is 6.03 Å². The van der Waals surface area contributed by atoms with Gasteiger partial charge in [-0.2, -0.15) is 5.26 Å². The molecule has 2 atom stereocenters. The van der Waals surface area contributed by atoms with E-state index in [0.717, 1.165) is 12.8 Å². The maximum atomic E-state index is 14.4. The van der Waals surface area contributed by atoms with Gasteiger partial charge in [-0.25, -0.2) is 18.6 Å². The molecule has 3 heterocycles. The van der Waals surface area contributed by atoms with Crippen molar-refractivity contribution in [2.45, 2.75) is 44.4 Å². The van der Waals surface area contributed by atoms with E-state index < -0.39 is 11.6 Å². The van der Waals surface area contributed by atoms with Gasteiger partial charge in [-0.1, -0.05) is 37.3 Å². The molecule has 2 amide bonds. The molecule has 2 saturated heterocycles. The molecule has 0 radical (unpaired) electrons. The number of amides is 2. The Morgan fingerprint density at radius 2 is 1.70 bits per heavy atom. The summed E-state index contributed by atoms with van der Waals surface area (Å²) in [6.07, 6.45) is 6.24. The number of carbonyl (C=O) groups excluding carboxylic acids is 1. The number of nitrogens with zero attached hydrogens (tertiary/aromatic N) is 5. The van der Waals surface area contributed by atoms with Gasteiger partial charge in [-0.15, -0.1) is 0 Å². The summed E-state index contributed by atoms with van der Waals surface area (Å²) in [4.78, 5) is 21.8. The first-order valence-corrected chi connectivity index (χ1v) is 13.0. The molecule has 0 bridgehead atoms. The second kappa shape index (κ2) is 10.7. The Balaban J connectivity index is 1.42. The van der Waals surface area contributed by atoms with Crippen LogP contribution in [0.5, 0.6) is 0 Å². The number of hydrogen-bond donors (Lipinski definition) is 0. The van der Waals surface area contributed by atoms with Crippen LogP contribution in [-0.2, 0) is 6.42 Å². The Labute approximate surface area is 216 Å². The van der Waals surface area contributed by atoms with Gasteiger partial charge < -0.3 is 14.4 Å². The fourth-order valence-electron chi connectivity index (χ4n) is 5.54. The molecule has 37 heavy (non-hydrogen) atoms. The van der Waals surface area contributed by atoms with Gasteiger partial charge in [0, 0.05) is 50.1 Å². The predicted molar refractivity (Wildman–Crippen MR) is 136 cm³/mol. The molecule has 2 fully saturated rings. The second-order valence-corrected chi connectivity index (χ2v) is 10.1. The zero-order valence-corrected chi connectivity index (χ0v) is 21.0. The third-order valence-corrected chi connectivity index (χ3v) is 7.75. The number of halogens is 2. The molecular weight excluding hydrogens is 472 g/mol. The van der Waals surface area contributed by atoms with Gasteiger partial charge in [0.15, 0.2) is 0 Å². The smallest absolute Gasteiger partial charge is 0.320 e. The monoisotopic (exact) mass is 503 g/mol. The Morgan fingerprint density at radius 3 is 2.35 bits per heavy atom. The Kier molecular flexibility index (Phi) is 7.22. The van der Waals surface area contributed by atoms with E-state index in [1.807, 2.05) is 9.80 Å². The number of benzene rings is 2. The number of aryl methyl sites for hydroxylation is 1. The van der Waals surface area contributed by atoms with Crippen LogP contribution in [-0.4, -0.2) is 51.6 Å². The molecule has 2 unspecified atom stereocenters. The Morgan fingerprint density at radius 1 is 1.03 bits per heavy atom. The lowest BCUT2D eigenvalue weighted by Gasteiger charge is -2.41. The molecule has 2 aromatic carbocycles. The third-order valence-electron chi connectivity index (χ3n) is 7.75. The standard InChI is InChI=1S/C29H31F2N5O/c1-2-20-6-8-22(9-7-20)23-14-24(17-35(16-23)29(37)34-12-10-21(15-32)11-13-34)27-18-36(19-33-27)28-25(30)4-3-5-26(28)31/h3-9,18-19,21,23-24H,2,10-14,16-17H2,1H3. The maximum Gasteiger partial charge on any atom is 0.320 e. The van der Waals surface area contributed by atoms with Crippen molar-refractivity contribution in [1.82, 2.24) is 19.4 Å². The largest absolute Gasteiger partial charge is 0.325 e. The summed E-state index contributed by atoms with van der Waals surface area (Å²) >= 11 is 0. The first kappa shape index (κ1) is 24.9. The van der Waals surface area contributed by atoms with Gasteiger partial charge in [-0.05, 0) is 48.9 Å². The molecule has 2 aliphatic rings. The molecular formula is C29H31F2N5O. The average molecular weight is 504 g/mol. The summed E-state index contributed by atoms with van der Waals surface area (Å²) < 4.78 is 30.2. The highest BCUT2D eigenvalue weighted by Crippen LogP contribution is 2.36. The number of carbonyl (C=O) groups is 1. The summed E-state index contributed by atoms with van der Waals surface area (Å²) in [5.41, 5.74) is 2.98. The molecule has 1 aromatic heterocycles. The number of hydrogen-bond acceptors (Lipinski definition) is 3. The second-order valence-electron chi connectivity index (χ2n) is 10.1. The van der Waals surface area contributed by atoms with E-state index in [-0.39, 0.29) is 29.5 Å². The Bertz CT molecular complexity index is 1270. The number of para-hydroxylation sites is 1. The number of imidazole rings is 1. The minimum absolute atomic E-state index is 0.00530. The van der Waals surface area contributed by atoms with Crippen LogP contribution in [0.15, 0.2) is 55.0 Å². The van der Waals surface area contributed by atoms with Crippen molar-refractivity contribution in [3.05, 3.63) is 83.4 Å². The van der Waals surface area contributed by atoms with Gasteiger partial charge in [0.1, 0.15) is 17.3 Å². The van der Waals surface area contributed by atoms with Crippen LogP contribution in [0.4, 0.5) is 13.6 Å². The lowest BCUT2D eigenvalue weighted by atomic mass is 9.83. The van der Waals surface area contributed by atoms with E-state index in [9.17, 15) is 18.8 Å². The minimum atomic E-state index is -0.654. The summed E-state index contributed by atoms with van der Waals surface area (Å²) in [6, 6.07) is 14.6. The maximum absolute atomic E-state index is 14.4. The van der Waals surface area contributed by atoms with E-state index in [1.165, 1.54) is 40.2 Å². The van der Waals surface area contributed by atoms with Crippen molar-refractivity contribution in [3.63, 3.8) is 0 Å². The lowest BCUT2D eigenvalue weighted by Crippen LogP contribution is -2.51. The van der Waals surface area contributed by atoms with Crippen LogP contribution in [0.2, 0.25) is 0 Å². The number of nitriles is 1. The summed E-state index contributed by atoms with van der Waals surface area (Å²) in [6.45, 7) is 4.36. The molecule has 5 rings (SSSR count). The quantitative estimate of drug-likeness (QED) is 0.463. The summed E-state index contributed by atoms with van der Waals surface area (Å²) in [7, 11) is 0. The summed E-state index contributed by atoms with van der Waals surface area (Å²) in [5.74, 6) is -1.27. The zero-order valence-electron chi connectivity index (χ0n) is 21.0. The number of likely N-dealkylation sites (tertiary alicyclic amines) is 2. The normalized spacial score (nSPS) is 20.6.